The van der Waals surface area contributed by atoms with Gasteiger partial charge >= 0.3 is 17.9 Å². The van der Waals surface area contributed by atoms with E-state index in [0.29, 0.717) is 0 Å². The summed E-state index contributed by atoms with van der Waals surface area (Å²) in [4.78, 5) is 39.0. The maximum absolute atomic E-state index is 13.6. The third kappa shape index (κ3) is 9.92. The summed E-state index contributed by atoms with van der Waals surface area (Å²) >= 11 is 0. The summed E-state index contributed by atoms with van der Waals surface area (Å²) in [5.41, 5.74) is 0.136. The van der Waals surface area contributed by atoms with Gasteiger partial charge in [0.25, 0.3) is 0 Å². The Bertz CT molecular complexity index is 1340. The van der Waals surface area contributed by atoms with Gasteiger partial charge in [0.2, 0.25) is 0 Å². The second-order valence-electron chi connectivity index (χ2n) is 14.7. The summed E-state index contributed by atoms with van der Waals surface area (Å²) in [6, 6.07) is 7.95. The van der Waals surface area contributed by atoms with Crippen LogP contribution in [0.2, 0.25) is 0 Å². The van der Waals surface area contributed by atoms with Gasteiger partial charge in [-0.05, 0) is 50.2 Å². The van der Waals surface area contributed by atoms with Gasteiger partial charge in [-0.15, -0.1) is 0 Å². The molecule has 0 unspecified atom stereocenters. The predicted molar refractivity (Wildman–Crippen MR) is 181 cm³/mol. The van der Waals surface area contributed by atoms with E-state index in [2.05, 4.69) is 0 Å². The largest absolute Gasteiger partial charge is 0.479 e. The van der Waals surface area contributed by atoms with Gasteiger partial charge in [-0.1, -0.05) is 57.2 Å². The highest BCUT2D eigenvalue weighted by molar-refractivity contribution is 5.89. The quantitative estimate of drug-likeness (QED) is 0.154. The average molecular weight is 755 g/mol. The summed E-state index contributed by atoms with van der Waals surface area (Å²) in [6.45, 7) is 2.53. The Labute approximate surface area is 308 Å². The summed E-state index contributed by atoms with van der Waals surface area (Å²) in [6.07, 6.45) is -13.2. The normalized spacial score (nSPS) is 38.8. The smallest absolute Gasteiger partial charge is 0.338 e. The molecule has 1 aromatic carbocycles. The Morgan fingerprint density at radius 3 is 2.17 bits per heavy atom. The molecule has 0 spiro atoms. The van der Waals surface area contributed by atoms with E-state index in [1.165, 1.54) is 26.2 Å². The number of aliphatic carboxylic acids is 1. The van der Waals surface area contributed by atoms with Crippen molar-refractivity contribution in [2.75, 3.05) is 13.7 Å². The number of benzene rings is 1. The fourth-order valence-corrected chi connectivity index (χ4v) is 7.95. The topological polar surface area (TPSA) is 237 Å². The molecule has 53 heavy (non-hydrogen) atoms. The Morgan fingerprint density at radius 2 is 1.53 bits per heavy atom. The van der Waals surface area contributed by atoms with Gasteiger partial charge in [-0.3, -0.25) is 4.79 Å². The molecule has 15 atom stereocenters. The zero-order valence-electron chi connectivity index (χ0n) is 30.3. The fourth-order valence-electron chi connectivity index (χ4n) is 7.95. The van der Waals surface area contributed by atoms with E-state index in [9.17, 15) is 45.0 Å². The van der Waals surface area contributed by atoms with Crippen molar-refractivity contribution < 1.29 is 78.2 Å². The van der Waals surface area contributed by atoms with Crippen LogP contribution in [0.3, 0.4) is 0 Å². The lowest BCUT2D eigenvalue weighted by Gasteiger charge is -2.48. The van der Waals surface area contributed by atoms with Gasteiger partial charge in [0.1, 0.15) is 36.6 Å². The third-order valence-electron chi connectivity index (χ3n) is 11.0. The van der Waals surface area contributed by atoms with Crippen LogP contribution in [0.1, 0.15) is 75.6 Å². The van der Waals surface area contributed by atoms with E-state index < -0.39 is 116 Å². The molecular formula is C37H54O16. The van der Waals surface area contributed by atoms with Crippen LogP contribution in [0, 0.1) is 17.8 Å². The van der Waals surface area contributed by atoms with Gasteiger partial charge in [0, 0.05) is 0 Å². The van der Waals surface area contributed by atoms with Crippen LogP contribution >= 0.6 is 0 Å². The highest BCUT2D eigenvalue weighted by atomic mass is 16.7. The zero-order valence-corrected chi connectivity index (χ0v) is 30.3. The molecule has 0 bridgehead atoms. The van der Waals surface area contributed by atoms with Crippen LogP contribution in [-0.2, 0) is 42.7 Å². The van der Waals surface area contributed by atoms with E-state index in [-0.39, 0.29) is 30.7 Å². The number of methoxy groups -OCH3 is 1. The molecule has 298 valence electrons. The number of aliphatic hydroxyl groups is 5. The molecule has 2 aliphatic carbocycles. The van der Waals surface area contributed by atoms with Gasteiger partial charge < -0.3 is 63.8 Å². The van der Waals surface area contributed by atoms with Crippen LogP contribution in [0.5, 0.6) is 0 Å². The van der Waals surface area contributed by atoms with Crippen molar-refractivity contribution in [2.24, 2.45) is 17.8 Å². The van der Waals surface area contributed by atoms with Gasteiger partial charge in [0.05, 0.1) is 43.5 Å². The van der Waals surface area contributed by atoms with Gasteiger partial charge in [0.15, 0.2) is 24.8 Å². The minimum absolute atomic E-state index is 0.0261. The molecule has 0 radical (unpaired) electrons. The number of carboxylic acids is 1. The second-order valence-corrected chi connectivity index (χ2v) is 14.7. The molecule has 2 saturated heterocycles. The number of hydrogen-bond acceptors (Lipinski definition) is 15. The molecule has 16 heteroatoms. The van der Waals surface area contributed by atoms with Gasteiger partial charge in [-0.2, -0.15) is 0 Å². The summed E-state index contributed by atoms with van der Waals surface area (Å²) in [5.74, 6) is -3.77. The van der Waals surface area contributed by atoms with E-state index >= 15 is 0 Å². The number of aliphatic hydroxyl groups excluding tert-OH is 5. The first-order valence-electron chi connectivity index (χ1n) is 18.5. The minimum Gasteiger partial charge on any atom is -0.479 e. The fraction of sp³-hybridized carbons (Fsp3) is 0.757. The van der Waals surface area contributed by atoms with Crippen LogP contribution in [0.25, 0.3) is 0 Å². The molecule has 16 nitrogen and oxygen atoms in total. The highest BCUT2D eigenvalue weighted by Crippen LogP contribution is 2.39. The molecule has 2 aliphatic heterocycles. The first-order valence-corrected chi connectivity index (χ1v) is 18.5. The standard InChI is InChI=1S/C37H54O16/c1-18-14-22(34(45)47-3)16-23(30(18)53-36-29(42)28(41)26(39)19(2)48-36)50-37-32(52-35(46)21-12-8-5-9-13-21)31(27(40)25(17-38)51-37)49-24(33(43)44)15-20-10-6-4-7-11-20/h5,8-9,12-13,18-20,22-32,36-42H,4,6-7,10-11,14-17H2,1-3H3,(H,43,44)/t18-,19-,22+,23+,24-,25+,26+,27-,28+,29-,30+,31-,32+,36-,37+/m0/s1. The molecule has 2 saturated carbocycles. The maximum atomic E-state index is 13.6. The van der Waals surface area contributed by atoms with Crippen LogP contribution in [0.4, 0.5) is 0 Å². The van der Waals surface area contributed by atoms with Crippen molar-refractivity contribution in [1.29, 1.82) is 0 Å². The number of ether oxygens (including phenoxy) is 7. The number of hydrogen-bond donors (Lipinski definition) is 6. The second kappa shape index (κ2) is 18.7. The van der Waals surface area contributed by atoms with Crippen LogP contribution < -0.4 is 0 Å². The lowest BCUT2D eigenvalue weighted by atomic mass is 9.78. The van der Waals surface area contributed by atoms with Crippen LogP contribution in [-0.4, -0.2) is 142 Å². The molecule has 2 heterocycles. The number of carbonyl (C=O) groups excluding carboxylic acids is 2. The predicted octanol–water partition coefficient (Wildman–Crippen LogP) is 0.916. The highest BCUT2D eigenvalue weighted by Gasteiger charge is 2.54. The molecule has 4 fully saturated rings. The molecule has 0 aromatic heterocycles. The van der Waals surface area contributed by atoms with Crippen molar-refractivity contribution in [3.8, 4) is 0 Å². The Kier molecular flexibility index (Phi) is 14.6. The molecule has 1 aromatic rings. The van der Waals surface area contributed by atoms with E-state index in [0.717, 1.165) is 32.1 Å². The SMILES string of the molecule is COC(=O)[C@@H]1C[C@H](C)[C@@H](O[C@@H]2O[C@@H](C)[C@@H](O)[C@@H](O)[C@@H]2O)[C@H](O[C@@H]2O[C@H](CO)[C@H](O)[C@H](O[C@@H](CC3CCCCC3)C(=O)O)[C@H]2OC(=O)c2ccccc2)C1. The van der Waals surface area contributed by atoms with Crippen molar-refractivity contribution in [3.05, 3.63) is 35.9 Å². The van der Waals surface area contributed by atoms with E-state index in [1.807, 2.05) is 0 Å². The van der Waals surface area contributed by atoms with Crippen molar-refractivity contribution in [2.45, 2.75) is 145 Å². The van der Waals surface area contributed by atoms with Gasteiger partial charge in [-0.25, -0.2) is 9.59 Å². The lowest BCUT2D eigenvalue weighted by molar-refractivity contribution is -0.349. The third-order valence-corrected chi connectivity index (χ3v) is 11.0. The molecular weight excluding hydrogens is 700 g/mol. The Balaban J connectivity index is 1.48. The number of esters is 2. The lowest BCUT2D eigenvalue weighted by Crippen LogP contribution is -2.64. The van der Waals surface area contributed by atoms with Crippen molar-refractivity contribution >= 4 is 17.9 Å². The maximum Gasteiger partial charge on any atom is 0.338 e. The van der Waals surface area contributed by atoms with Crippen molar-refractivity contribution in [1.82, 2.24) is 0 Å². The molecule has 0 amide bonds. The zero-order chi connectivity index (χ0) is 38.4. The molecule has 4 aliphatic rings. The Morgan fingerprint density at radius 1 is 0.830 bits per heavy atom. The van der Waals surface area contributed by atoms with Crippen molar-refractivity contribution in [3.63, 3.8) is 0 Å². The van der Waals surface area contributed by atoms with E-state index in [4.69, 9.17) is 33.2 Å². The Hall–Kier alpha value is -2.77. The average Bonchev–Trinajstić information content (AvgIpc) is 3.16. The summed E-state index contributed by atoms with van der Waals surface area (Å²) in [7, 11) is 1.25. The monoisotopic (exact) mass is 754 g/mol. The van der Waals surface area contributed by atoms with Crippen LogP contribution in [0.15, 0.2) is 30.3 Å². The number of carbonyl (C=O) groups is 3. The number of rotatable bonds is 13. The summed E-state index contributed by atoms with van der Waals surface area (Å²) < 4.78 is 41.6. The van der Waals surface area contributed by atoms with E-state index in [1.54, 1.807) is 25.1 Å². The molecule has 6 N–H and O–H groups in total. The first-order chi connectivity index (χ1) is 25.3. The summed E-state index contributed by atoms with van der Waals surface area (Å²) in [5, 5.41) is 63.5. The minimum atomic E-state index is -1.66. The number of carboxylic acid groups (broad SMARTS) is 1. The first kappa shape index (κ1) is 41.4. The molecule has 5 rings (SSSR count).